The van der Waals surface area contributed by atoms with Crippen LogP contribution in [0.15, 0.2) is 64.6 Å². The van der Waals surface area contributed by atoms with Gasteiger partial charge in [-0.1, -0.05) is 30.3 Å². The van der Waals surface area contributed by atoms with Crippen molar-refractivity contribution in [3.63, 3.8) is 0 Å². The Morgan fingerprint density at radius 2 is 1.68 bits per heavy atom. The van der Waals surface area contributed by atoms with Gasteiger partial charge < -0.3 is 0 Å². The van der Waals surface area contributed by atoms with Gasteiger partial charge in [0, 0.05) is 6.21 Å². The van der Waals surface area contributed by atoms with Crippen molar-refractivity contribution in [2.75, 3.05) is 5.01 Å². The monoisotopic (exact) mass is 335 g/mol. The van der Waals surface area contributed by atoms with Crippen LogP contribution < -0.4 is 10.1 Å². The number of halogens is 1. The maximum atomic E-state index is 11.3. The van der Waals surface area contributed by atoms with Gasteiger partial charge in [-0.15, -0.1) is 11.6 Å². The first-order valence-electron chi connectivity index (χ1n) is 6.62. The van der Waals surface area contributed by atoms with Gasteiger partial charge in [0.2, 0.25) is 10.0 Å². The van der Waals surface area contributed by atoms with Gasteiger partial charge in [-0.25, -0.2) is 13.6 Å². The minimum absolute atomic E-state index is 0.0677. The van der Waals surface area contributed by atoms with E-state index in [1.165, 1.54) is 12.1 Å². The fourth-order valence-electron chi connectivity index (χ4n) is 2.41. The number of benzene rings is 2. The van der Waals surface area contributed by atoms with Gasteiger partial charge in [-0.3, -0.25) is 5.01 Å². The zero-order valence-electron chi connectivity index (χ0n) is 11.5. The summed E-state index contributed by atoms with van der Waals surface area (Å²) in [5.41, 5.74) is 1.79. The van der Waals surface area contributed by atoms with E-state index < -0.39 is 10.0 Å². The van der Waals surface area contributed by atoms with Crippen molar-refractivity contribution in [1.82, 2.24) is 0 Å². The summed E-state index contributed by atoms with van der Waals surface area (Å²) in [5.74, 6) is 0. The summed E-state index contributed by atoms with van der Waals surface area (Å²) < 4.78 is 22.6. The molecule has 114 valence electrons. The number of hydrogen-bond acceptors (Lipinski definition) is 4. The van der Waals surface area contributed by atoms with Crippen molar-refractivity contribution >= 4 is 33.5 Å². The first-order chi connectivity index (χ1) is 10.5. The highest BCUT2D eigenvalue weighted by Gasteiger charge is 2.31. The van der Waals surface area contributed by atoms with Crippen molar-refractivity contribution in [2.45, 2.75) is 16.3 Å². The molecule has 0 radical (unpaired) electrons. The second-order valence-electron chi connectivity index (χ2n) is 4.95. The van der Waals surface area contributed by atoms with Gasteiger partial charge in [0.1, 0.15) is 0 Å². The topological polar surface area (TPSA) is 75.8 Å². The molecular formula is C15H14ClN3O2S. The van der Waals surface area contributed by atoms with Gasteiger partial charge in [0.15, 0.2) is 0 Å². The van der Waals surface area contributed by atoms with Crippen molar-refractivity contribution < 1.29 is 8.42 Å². The van der Waals surface area contributed by atoms with Crippen LogP contribution in [0.4, 0.5) is 5.69 Å². The standard InChI is InChI=1S/C15H14ClN3O2S/c16-14-10-18-19(15(14)11-4-2-1-3-5-11)12-6-8-13(9-7-12)22(17,20)21/h1-10,14-15H,(H2,17,20,21). The second kappa shape index (κ2) is 5.72. The molecule has 0 aliphatic carbocycles. The van der Waals surface area contributed by atoms with Crippen LogP contribution in [0.2, 0.25) is 0 Å². The molecule has 1 heterocycles. The highest BCUT2D eigenvalue weighted by Crippen LogP contribution is 2.35. The Kier molecular flexibility index (Phi) is 3.90. The van der Waals surface area contributed by atoms with Gasteiger partial charge >= 0.3 is 0 Å². The van der Waals surface area contributed by atoms with Crippen molar-refractivity contribution in [3.8, 4) is 0 Å². The number of sulfonamides is 1. The van der Waals surface area contributed by atoms with Crippen LogP contribution >= 0.6 is 11.6 Å². The molecule has 2 unspecified atom stereocenters. The van der Waals surface area contributed by atoms with Gasteiger partial charge in [-0.05, 0) is 29.8 Å². The molecule has 5 nitrogen and oxygen atoms in total. The zero-order chi connectivity index (χ0) is 15.7. The van der Waals surface area contributed by atoms with Gasteiger partial charge in [-0.2, -0.15) is 5.10 Å². The van der Waals surface area contributed by atoms with Crippen LogP contribution in [-0.4, -0.2) is 20.0 Å². The molecule has 0 saturated heterocycles. The summed E-state index contributed by atoms with van der Waals surface area (Å²) in [5, 5.41) is 11.0. The molecule has 0 aromatic heterocycles. The molecule has 3 rings (SSSR count). The quantitative estimate of drug-likeness (QED) is 0.875. The summed E-state index contributed by atoms with van der Waals surface area (Å²) >= 11 is 6.35. The largest absolute Gasteiger partial charge is 0.256 e. The Morgan fingerprint density at radius 1 is 1.05 bits per heavy atom. The fraction of sp³-hybridized carbons (Fsp3) is 0.133. The molecule has 2 atom stereocenters. The number of alkyl halides is 1. The first kappa shape index (κ1) is 15.0. The molecule has 1 aliphatic rings. The first-order valence-corrected chi connectivity index (χ1v) is 8.60. The number of rotatable bonds is 3. The van der Waals surface area contributed by atoms with Crippen molar-refractivity contribution in [3.05, 3.63) is 60.2 Å². The molecule has 2 aromatic rings. The molecule has 0 fully saturated rings. The molecule has 2 N–H and O–H groups in total. The van der Waals surface area contributed by atoms with E-state index in [2.05, 4.69) is 5.10 Å². The predicted octanol–water partition coefficient (Wildman–Crippen LogP) is 2.49. The van der Waals surface area contributed by atoms with Crippen LogP contribution in [-0.2, 0) is 10.0 Å². The van der Waals surface area contributed by atoms with Crippen LogP contribution in [0, 0.1) is 0 Å². The van der Waals surface area contributed by atoms with E-state index in [9.17, 15) is 8.42 Å². The Morgan fingerprint density at radius 3 is 2.27 bits per heavy atom. The number of nitrogens with two attached hydrogens (primary N) is 1. The summed E-state index contributed by atoms with van der Waals surface area (Å²) in [6.07, 6.45) is 1.67. The maximum absolute atomic E-state index is 11.3. The van der Waals surface area contributed by atoms with Crippen LogP contribution in [0.25, 0.3) is 0 Å². The number of primary sulfonamides is 1. The average molecular weight is 336 g/mol. The van der Waals surface area contributed by atoms with E-state index in [1.54, 1.807) is 23.4 Å². The van der Waals surface area contributed by atoms with E-state index >= 15 is 0 Å². The summed E-state index contributed by atoms with van der Waals surface area (Å²) in [6, 6.07) is 15.9. The molecule has 0 spiro atoms. The molecule has 2 aromatic carbocycles. The van der Waals surface area contributed by atoms with E-state index in [-0.39, 0.29) is 16.3 Å². The van der Waals surface area contributed by atoms with Crippen LogP contribution in [0.1, 0.15) is 11.6 Å². The Balaban J connectivity index is 1.95. The van der Waals surface area contributed by atoms with Crippen molar-refractivity contribution in [2.24, 2.45) is 10.2 Å². The summed E-state index contributed by atoms with van der Waals surface area (Å²) in [6.45, 7) is 0. The average Bonchev–Trinajstić information content (AvgIpc) is 2.89. The highest BCUT2D eigenvalue weighted by molar-refractivity contribution is 7.89. The lowest BCUT2D eigenvalue weighted by Crippen LogP contribution is -2.24. The number of hydrazone groups is 1. The molecule has 0 amide bonds. The third-order valence-corrected chi connectivity index (χ3v) is 4.75. The van der Waals surface area contributed by atoms with E-state index in [0.717, 1.165) is 11.3 Å². The fourth-order valence-corrected chi connectivity index (χ4v) is 3.23. The number of anilines is 1. The lowest BCUT2D eigenvalue weighted by molar-refractivity contribution is 0.598. The molecule has 1 aliphatic heterocycles. The molecular weight excluding hydrogens is 322 g/mol. The van der Waals surface area contributed by atoms with E-state index in [1.807, 2.05) is 30.3 Å². The summed E-state index contributed by atoms with van der Waals surface area (Å²) in [7, 11) is -3.70. The molecule has 22 heavy (non-hydrogen) atoms. The highest BCUT2D eigenvalue weighted by atomic mass is 35.5. The SMILES string of the molecule is NS(=O)(=O)c1ccc(N2N=CC(Cl)C2c2ccccc2)cc1. The van der Waals surface area contributed by atoms with Gasteiger partial charge in [0.25, 0.3) is 0 Å². The van der Waals surface area contributed by atoms with Crippen molar-refractivity contribution in [1.29, 1.82) is 0 Å². The molecule has 0 saturated carbocycles. The Bertz CT molecular complexity index is 791. The maximum Gasteiger partial charge on any atom is 0.238 e. The Labute approximate surface area is 134 Å². The zero-order valence-corrected chi connectivity index (χ0v) is 13.1. The lowest BCUT2D eigenvalue weighted by Gasteiger charge is -2.26. The minimum Gasteiger partial charge on any atom is -0.256 e. The predicted molar refractivity (Wildman–Crippen MR) is 87.6 cm³/mol. The normalized spacial score (nSPS) is 21.3. The third kappa shape index (κ3) is 2.85. The lowest BCUT2D eigenvalue weighted by atomic mass is 10.0. The van der Waals surface area contributed by atoms with Gasteiger partial charge in [0.05, 0.1) is 22.0 Å². The Hall–Kier alpha value is -1.89. The second-order valence-corrected chi connectivity index (χ2v) is 7.01. The number of hydrogen-bond donors (Lipinski definition) is 1. The smallest absolute Gasteiger partial charge is 0.238 e. The summed E-state index contributed by atoms with van der Waals surface area (Å²) in [4.78, 5) is 0.0677. The van der Waals surface area contributed by atoms with E-state index in [4.69, 9.17) is 16.7 Å². The molecule has 0 bridgehead atoms. The third-order valence-electron chi connectivity index (χ3n) is 3.47. The minimum atomic E-state index is -3.70. The molecule has 7 heteroatoms. The van der Waals surface area contributed by atoms with Crippen LogP contribution in [0.5, 0.6) is 0 Å². The van der Waals surface area contributed by atoms with E-state index in [0.29, 0.717) is 0 Å². The van der Waals surface area contributed by atoms with Crippen LogP contribution in [0.3, 0.4) is 0 Å². The number of nitrogens with zero attached hydrogens (tertiary/aromatic N) is 2.